The maximum Gasteiger partial charge on any atom is 0.252 e. The van der Waals surface area contributed by atoms with E-state index in [1.807, 2.05) is 11.9 Å². The number of piperidine rings is 1. The summed E-state index contributed by atoms with van der Waals surface area (Å²) < 4.78 is 19.4. The zero-order chi connectivity index (χ0) is 25.2. The van der Waals surface area contributed by atoms with Gasteiger partial charge in [-0.25, -0.2) is 0 Å². The Morgan fingerprint density at radius 1 is 1.14 bits per heavy atom. The zero-order valence-electron chi connectivity index (χ0n) is 22.6. The molecular weight excluding hydrogens is 464 g/mol. The summed E-state index contributed by atoms with van der Waals surface area (Å²) in [6.45, 7) is 3.13. The van der Waals surface area contributed by atoms with E-state index in [0.717, 1.165) is 61.8 Å². The van der Waals surface area contributed by atoms with Crippen LogP contribution in [-0.4, -0.2) is 74.4 Å². The first-order valence-electron chi connectivity index (χ1n) is 14.6. The largest absolute Gasteiger partial charge is 0.493 e. The van der Waals surface area contributed by atoms with Crippen LogP contribution in [0.5, 0.6) is 11.5 Å². The molecule has 37 heavy (non-hydrogen) atoms. The third-order valence-corrected chi connectivity index (χ3v) is 11.7. The van der Waals surface area contributed by atoms with Crippen molar-refractivity contribution >= 4 is 5.91 Å². The Labute approximate surface area is 220 Å². The molecule has 3 saturated carbocycles. The highest BCUT2D eigenvalue weighted by Crippen LogP contribution is 2.75. The van der Waals surface area contributed by atoms with Gasteiger partial charge in [-0.1, -0.05) is 18.6 Å². The van der Waals surface area contributed by atoms with Gasteiger partial charge < -0.3 is 19.1 Å². The molecule has 0 N–H and O–H groups in total. The average molecular weight is 505 g/mol. The zero-order valence-corrected chi connectivity index (χ0v) is 22.6. The van der Waals surface area contributed by atoms with Crippen LogP contribution in [0.25, 0.3) is 0 Å². The van der Waals surface area contributed by atoms with Gasteiger partial charge >= 0.3 is 0 Å². The fourth-order valence-corrected chi connectivity index (χ4v) is 9.60. The standard InChI is InChI=1S/C31H40N2O4/c1-32(17-19-5-4-6-19)27(34)22-16-29-11-12-31(22,36-3)28-30(29)13-14-33(18-20-7-8-20)24(29)15-21-9-10-23(35-2)26(37-28)25(21)30/h9-10,16,19-20,24,28H,4-8,11-15,17-18H2,1-3H3/t24-,28-,29-,30+,31-/m1/s1. The van der Waals surface area contributed by atoms with Crippen molar-refractivity contribution in [1.29, 1.82) is 0 Å². The van der Waals surface area contributed by atoms with Crippen LogP contribution < -0.4 is 9.47 Å². The number of fused-ring (bicyclic) bond motifs is 1. The van der Waals surface area contributed by atoms with Crippen molar-refractivity contribution in [3.05, 3.63) is 34.9 Å². The summed E-state index contributed by atoms with van der Waals surface area (Å²) in [6.07, 6.45) is 12.7. The first kappa shape index (κ1) is 22.9. The molecule has 0 unspecified atom stereocenters. The molecule has 2 heterocycles. The van der Waals surface area contributed by atoms with E-state index >= 15 is 0 Å². The van der Waals surface area contributed by atoms with Gasteiger partial charge in [0, 0.05) is 49.8 Å². The second kappa shape index (κ2) is 7.53. The molecule has 1 amide bonds. The van der Waals surface area contributed by atoms with Gasteiger partial charge in [0.05, 0.1) is 12.5 Å². The molecule has 9 rings (SSSR count). The SMILES string of the molecule is COc1ccc2c3c1O[C@@H]1[C@]34CCN(CC3CC3)[C@H](C2)[C@@]42C=C(C(=O)N(C)CC3CCC3)[C@]1(OC)CC2. The van der Waals surface area contributed by atoms with Crippen molar-refractivity contribution in [1.82, 2.24) is 9.80 Å². The lowest BCUT2D eigenvalue weighted by molar-refractivity contribution is -0.198. The number of methoxy groups -OCH3 is 2. The number of hydrogen-bond acceptors (Lipinski definition) is 5. The number of rotatable bonds is 7. The molecule has 4 bridgehead atoms. The third-order valence-electron chi connectivity index (χ3n) is 11.7. The van der Waals surface area contributed by atoms with E-state index in [0.29, 0.717) is 12.0 Å². The minimum Gasteiger partial charge on any atom is -0.493 e. The lowest BCUT2D eigenvalue weighted by Gasteiger charge is -2.70. The molecule has 2 aliphatic heterocycles. The van der Waals surface area contributed by atoms with Gasteiger partial charge in [0.1, 0.15) is 11.7 Å². The molecule has 198 valence electrons. The van der Waals surface area contributed by atoms with Crippen LogP contribution in [-0.2, 0) is 21.4 Å². The number of hydrogen-bond donors (Lipinski definition) is 0. The van der Waals surface area contributed by atoms with Gasteiger partial charge in [0.15, 0.2) is 11.5 Å². The number of benzene rings is 1. The molecule has 0 radical (unpaired) electrons. The minimum absolute atomic E-state index is 0.113. The number of ether oxygens (including phenoxy) is 3. The third kappa shape index (κ3) is 2.67. The van der Waals surface area contributed by atoms with Gasteiger partial charge in [0.2, 0.25) is 0 Å². The summed E-state index contributed by atoms with van der Waals surface area (Å²) in [5, 5.41) is 0. The summed E-state index contributed by atoms with van der Waals surface area (Å²) in [7, 11) is 5.53. The molecule has 2 spiro atoms. The maximum atomic E-state index is 14.3. The van der Waals surface area contributed by atoms with Crippen LogP contribution in [0, 0.1) is 17.3 Å². The van der Waals surface area contributed by atoms with E-state index in [4.69, 9.17) is 14.2 Å². The Kier molecular flexibility index (Phi) is 4.66. The van der Waals surface area contributed by atoms with E-state index in [1.165, 1.54) is 49.8 Å². The monoisotopic (exact) mass is 504 g/mol. The minimum atomic E-state index is -0.728. The van der Waals surface area contributed by atoms with Crippen LogP contribution in [0.4, 0.5) is 0 Å². The lowest BCUT2D eigenvalue weighted by Crippen LogP contribution is -2.78. The van der Waals surface area contributed by atoms with E-state index in [1.54, 1.807) is 14.2 Å². The number of nitrogens with zero attached hydrogens (tertiary/aromatic N) is 2. The molecule has 4 fully saturated rings. The van der Waals surface area contributed by atoms with Gasteiger partial charge in [0.25, 0.3) is 5.91 Å². The maximum absolute atomic E-state index is 14.3. The highest BCUT2D eigenvalue weighted by Gasteiger charge is 2.79. The molecular formula is C31H40N2O4. The summed E-state index contributed by atoms with van der Waals surface area (Å²) in [6, 6.07) is 4.78. The smallest absolute Gasteiger partial charge is 0.252 e. The summed E-state index contributed by atoms with van der Waals surface area (Å²) in [4.78, 5) is 19.0. The van der Waals surface area contributed by atoms with Gasteiger partial charge in [-0.2, -0.15) is 0 Å². The first-order chi connectivity index (χ1) is 18.0. The number of carbonyl (C=O) groups is 1. The molecule has 0 aromatic heterocycles. The summed E-state index contributed by atoms with van der Waals surface area (Å²) in [5.41, 5.74) is 2.63. The Morgan fingerprint density at radius 2 is 1.97 bits per heavy atom. The van der Waals surface area contributed by atoms with Crippen molar-refractivity contribution in [2.45, 2.75) is 80.9 Å². The second-order valence-corrected chi connectivity index (χ2v) is 13.2. The number of carbonyl (C=O) groups excluding carboxylic acids is 1. The molecule has 6 heteroatoms. The van der Waals surface area contributed by atoms with Crippen molar-refractivity contribution in [2.24, 2.45) is 17.3 Å². The fraction of sp³-hybridized carbons (Fsp3) is 0.710. The molecule has 1 aromatic carbocycles. The van der Waals surface area contributed by atoms with E-state index in [9.17, 15) is 4.79 Å². The van der Waals surface area contributed by atoms with Gasteiger partial charge in [-0.3, -0.25) is 9.69 Å². The predicted octanol–water partition coefficient (Wildman–Crippen LogP) is 4.10. The van der Waals surface area contributed by atoms with E-state index in [2.05, 4.69) is 23.1 Å². The molecule has 6 aliphatic carbocycles. The van der Waals surface area contributed by atoms with Crippen molar-refractivity contribution in [3.8, 4) is 11.5 Å². The van der Waals surface area contributed by atoms with Gasteiger partial charge in [-0.15, -0.1) is 0 Å². The molecule has 5 atom stereocenters. The van der Waals surface area contributed by atoms with Gasteiger partial charge in [-0.05, 0) is 81.4 Å². The summed E-state index contributed by atoms with van der Waals surface area (Å²) in [5.74, 6) is 3.36. The van der Waals surface area contributed by atoms with E-state index < -0.39 is 5.60 Å². The first-order valence-corrected chi connectivity index (χ1v) is 14.6. The molecule has 8 aliphatic rings. The van der Waals surface area contributed by atoms with Crippen LogP contribution >= 0.6 is 0 Å². The van der Waals surface area contributed by atoms with Crippen LogP contribution in [0.2, 0.25) is 0 Å². The quantitative estimate of drug-likeness (QED) is 0.560. The Morgan fingerprint density at radius 3 is 2.68 bits per heavy atom. The number of likely N-dealkylation sites (N-methyl/N-ethyl adjacent to an activating group) is 1. The molecule has 6 nitrogen and oxygen atoms in total. The Bertz CT molecular complexity index is 1200. The Balaban J connectivity index is 1.32. The predicted molar refractivity (Wildman–Crippen MR) is 140 cm³/mol. The molecule has 1 saturated heterocycles. The van der Waals surface area contributed by atoms with Crippen molar-refractivity contribution in [2.75, 3.05) is 40.9 Å². The summed E-state index contributed by atoms with van der Waals surface area (Å²) >= 11 is 0. The van der Waals surface area contributed by atoms with Crippen LogP contribution in [0.15, 0.2) is 23.8 Å². The van der Waals surface area contributed by atoms with Crippen molar-refractivity contribution in [3.63, 3.8) is 0 Å². The topological polar surface area (TPSA) is 51.2 Å². The van der Waals surface area contributed by atoms with Crippen molar-refractivity contribution < 1.29 is 19.0 Å². The normalized spacial score (nSPS) is 38.9. The lowest BCUT2D eigenvalue weighted by atomic mass is 9.37. The highest BCUT2D eigenvalue weighted by atomic mass is 16.6. The number of amides is 1. The van der Waals surface area contributed by atoms with Crippen LogP contribution in [0.1, 0.15) is 62.5 Å². The molecule has 1 aromatic rings. The Hall–Kier alpha value is -2.05. The second-order valence-electron chi connectivity index (χ2n) is 13.2. The number of likely N-dealkylation sites (tertiary alicyclic amines) is 1. The van der Waals surface area contributed by atoms with E-state index in [-0.39, 0.29) is 22.8 Å². The highest BCUT2D eigenvalue weighted by molar-refractivity contribution is 5.97. The van der Waals surface area contributed by atoms with Crippen LogP contribution in [0.3, 0.4) is 0 Å². The fourth-order valence-electron chi connectivity index (χ4n) is 9.60. The average Bonchev–Trinajstić information content (AvgIpc) is 3.63.